The molecule has 0 radical (unpaired) electrons. The van der Waals surface area contributed by atoms with Crippen molar-refractivity contribution in [2.45, 2.75) is 13.2 Å². The van der Waals surface area contributed by atoms with Crippen LogP contribution in [-0.2, 0) is 13.2 Å². The number of ether oxygens (including phenoxy) is 1. The summed E-state index contributed by atoms with van der Waals surface area (Å²) < 4.78 is 5.76. The Kier molecular flexibility index (Phi) is 3.44. The standard InChI is InChI=1S/C15H13NO2S/c17-7-14-13-4-2-1-3-11(13)5-6-15(14)18-8-12-9-19-10-16-12/h1-6,9-10,17H,7-8H2. The molecular formula is C15H13NO2S. The van der Waals surface area contributed by atoms with Gasteiger partial charge in [-0.25, -0.2) is 4.98 Å². The summed E-state index contributed by atoms with van der Waals surface area (Å²) in [6.45, 7) is 0.391. The van der Waals surface area contributed by atoms with E-state index in [-0.39, 0.29) is 6.61 Å². The molecule has 0 bridgehead atoms. The van der Waals surface area contributed by atoms with Crippen molar-refractivity contribution in [2.75, 3.05) is 0 Å². The number of aromatic nitrogens is 1. The monoisotopic (exact) mass is 271 g/mol. The molecule has 19 heavy (non-hydrogen) atoms. The van der Waals surface area contributed by atoms with Crippen LogP contribution in [0, 0.1) is 0 Å². The largest absolute Gasteiger partial charge is 0.487 e. The molecule has 0 aliphatic rings. The van der Waals surface area contributed by atoms with E-state index in [4.69, 9.17) is 4.74 Å². The Balaban J connectivity index is 1.94. The second-order valence-corrected chi connectivity index (χ2v) is 4.91. The highest BCUT2D eigenvalue weighted by Crippen LogP contribution is 2.28. The Morgan fingerprint density at radius 3 is 2.84 bits per heavy atom. The molecule has 2 aromatic carbocycles. The molecule has 0 saturated carbocycles. The first kappa shape index (κ1) is 12.1. The van der Waals surface area contributed by atoms with Crippen molar-refractivity contribution in [1.29, 1.82) is 0 Å². The van der Waals surface area contributed by atoms with Crippen LogP contribution in [0.1, 0.15) is 11.3 Å². The molecule has 3 nitrogen and oxygen atoms in total. The Labute approximate surface area is 115 Å². The molecule has 3 rings (SSSR count). The number of thiazole rings is 1. The molecule has 0 aliphatic carbocycles. The molecule has 0 spiro atoms. The molecule has 0 fully saturated rings. The predicted octanol–water partition coefficient (Wildman–Crippen LogP) is 3.37. The third kappa shape index (κ3) is 2.45. The molecule has 0 unspecified atom stereocenters. The molecule has 1 aromatic heterocycles. The minimum Gasteiger partial charge on any atom is -0.487 e. The summed E-state index contributed by atoms with van der Waals surface area (Å²) in [5.41, 5.74) is 3.52. The van der Waals surface area contributed by atoms with Crippen molar-refractivity contribution in [1.82, 2.24) is 4.98 Å². The van der Waals surface area contributed by atoms with Gasteiger partial charge in [-0.1, -0.05) is 30.3 Å². The molecular weight excluding hydrogens is 258 g/mol. The fraction of sp³-hybridized carbons (Fsp3) is 0.133. The smallest absolute Gasteiger partial charge is 0.131 e. The van der Waals surface area contributed by atoms with E-state index in [9.17, 15) is 5.11 Å². The lowest BCUT2D eigenvalue weighted by Gasteiger charge is -2.12. The van der Waals surface area contributed by atoms with Gasteiger partial charge < -0.3 is 9.84 Å². The normalized spacial score (nSPS) is 10.8. The van der Waals surface area contributed by atoms with E-state index in [1.54, 1.807) is 16.8 Å². The van der Waals surface area contributed by atoms with Crippen molar-refractivity contribution < 1.29 is 9.84 Å². The average molecular weight is 271 g/mol. The van der Waals surface area contributed by atoms with Gasteiger partial charge in [0.2, 0.25) is 0 Å². The second-order valence-electron chi connectivity index (χ2n) is 4.19. The van der Waals surface area contributed by atoms with E-state index >= 15 is 0 Å². The maximum atomic E-state index is 9.58. The summed E-state index contributed by atoms with van der Waals surface area (Å²) in [7, 11) is 0. The van der Waals surface area contributed by atoms with Gasteiger partial charge in [0.25, 0.3) is 0 Å². The maximum Gasteiger partial charge on any atom is 0.131 e. The lowest BCUT2D eigenvalue weighted by molar-refractivity contribution is 0.259. The minimum atomic E-state index is -0.0340. The molecule has 96 valence electrons. The molecule has 4 heteroatoms. The van der Waals surface area contributed by atoms with Crippen molar-refractivity contribution in [2.24, 2.45) is 0 Å². The molecule has 0 atom stereocenters. The third-order valence-electron chi connectivity index (χ3n) is 3.01. The molecule has 0 saturated heterocycles. The summed E-state index contributed by atoms with van der Waals surface area (Å²) in [5.74, 6) is 0.717. The van der Waals surface area contributed by atoms with Crippen LogP contribution in [0.4, 0.5) is 0 Å². The van der Waals surface area contributed by atoms with Crippen LogP contribution in [0.15, 0.2) is 47.3 Å². The van der Waals surface area contributed by atoms with Crippen LogP contribution in [0.25, 0.3) is 10.8 Å². The zero-order valence-electron chi connectivity index (χ0n) is 10.2. The van der Waals surface area contributed by atoms with E-state index in [1.165, 1.54) is 0 Å². The Morgan fingerprint density at radius 1 is 1.16 bits per heavy atom. The number of aliphatic hydroxyl groups is 1. The minimum absolute atomic E-state index is 0.0340. The average Bonchev–Trinajstić information content (AvgIpc) is 2.97. The van der Waals surface area contributed by atoms with Gasteiger partial charge in [0, 0.05) is 10.9 Å². The SMILES string of the molecule is OCc1c(OCc2cscn2)ccc2ccccc12. The van der Waals surface area contributed by atoms with Gasteiger partial charge in [-0.05, 0) is 16.8 Å². The van der Waals surface area contributed by atoms with Crippen molar-refractivity contribution >= 4 is 22.1 Å². The fourth-order valence-corrected chi connectivity index (χ4v) is 2.62. The molecule has 0 amide bonds. The van der Waals surface area contributed by atoms with Crippen molar-refractivity contribution in [3.63, 3.8) is 0 Å². The fourth-order valence-electron chi connectivity index (χ4n) is 2.07. The zero-order valence-corrected chi connectivity index (χ0v) is 11.1. The van der Waals surface area contributed by atoms with Gasteiger partial charge in [0.05, 0.1) is 17.8 Å². The Bertz CT molecular complexity index is 680. The summed E-state index contributed by atoms with van der Waals surface area (Å²) >= 11 is 1.55. The van der Waals surface area contributed by atoms with Gasteiger partial charge in [-0.2, -0.15) is 0 Å². The van der Waals surface area contributed by atoms with Gasteiger partial charge in [0.15, 0.2) is 0 Å². The van der Waals surface area contributed by atoms with Gasteiger partial charge in [0.1, 0.15) is 12.4 Å². The molecule has 1 heterocycles. The van der Waals surface area contributed by atoms with E-state index in [2.05, 4.69) is 4.98 Å². The summed E-state index contributed by atoms with van der Waals surface area (Å²) in [6.07, 6.45) is 0. The molecule has 0 aliphatic heterocycles. The highest BCUT2D eigenvalue weighted by atomic mass is 32.1. The number of fused-ring (bicyclic) bond motifs is 1. The Morgan fingerprint density at radius 2 is 2.05 bits per heavy atom. The van der Waals surface area contributed by atoms with Crippen LogP contribution >= 0.6 is 11.3 Å². The number of rotatable bonds is 4. The molecule has 1 N–H and O–H groups in total. The van der Waals surface area contributed by atoms with Gasteiger partial charge in [-0.15, -0.1) is 11.3 Å². The van der Waals surface area contributed by atoms with E-state index in [1.807, 2.05) is 41.8 Å². The number of hydrogen-bond acceptors (Lipinski definition) is 4. The first-order chi connectivity index (χ1) is 9.38. The zero-order chi connectivity index (χ0) is 13.1. The number of hydrogen-bond donors (Lipinski definition) is 1. The van der Waals surface area contributed by atoms with Crippen LogP contribution in [0.3, 0.4) is 0 Å². The van der Waals surface area contributed by atoms with E-state index in [0.29, 0.717) is 12.4 Å². The van der Waals surface area contributed by atoms with Gasteiger partial charge >= 0.3 is 0 Å². The number of benzene rings is 2. The first-order valence-electron chi connectivity index (χ1n) is 6.00. The highest BCUT2D eigenvalue weighted by Gasteiger charge is 2.08. The highest BCUT2D eigenvalue weighted by molar-refractivity contribution is 7.07. The second kappa shape index (κ2) is 5.38. The van der Waals surface area contributed by atoms with Crippen molar-refractivity contribution in [3.8, 4) is 5.75 Å². The lowest BCUT2D eigenvalue weighted by Crippen LogP contribution is -1.99. The van der Waals surface area contributed by atoms with Crippen LogP contribution in [-0.4, -0.2) is 10.1 Å². The van der Waals surface area contributed by atoms with Crippen LogP contribution in [0.5, 0.6) is 5.75 Å². The quantitative estimate of drug-likeness (QED) is 0.791. The van der Waals surface area contributed by atoms with Gasteiger partial charge in [-0.3, -0.25) is 0 Å². The lowest BCUT2D eigenvalue weighted by atomic mass is 10.0. The van der Waals surface area contributed by atoms with Crippen molar-refractivity contribution in [3.05, 3.63) is 58.5 Å². The van der Waals surface area contributed by atoms with E-state index in [0.717, 1.165) is 22.0 Å². The summed E-state index contributed by atoms with van der Waals surface area (Å²) in [4.78, 5) is 4.18. The number of aliphatic hydroxyl groups excluding tert-OH is 1. The number of nitrogens with zero attached hydrogens (tertiary/aromatic N) is 1. The van der Waals surface area contributed by atoms with E-state index < -0.39 is 0 Å². The first-order valence-corrected chi connectivity index (χ1v) is 6.94. The third-order valence-corrected chi connectivity index (χ3v) is 3.65. The van der Waals surface area contributed by atoms with Crippen LogP contribution in [0.2, 0.25) is 0 Å². The topological polar surface area (TPSA) is 42.4 Å². The summed E-state index contributed by atoms with van der Waals surface area (Å²) in [6, 6.07) is 11.9. The van der Waals surface area contributed by atoms with Crippen LogP contribution < -0.4 is 4.74 Å². The maximum absolute atomic E-state index is 9.58. The summed E-state index contributed by atoms with van der Waals surface area (Å²) in [5, 5.41) is 13.7. The molecule has 3 aromatic rings. The Hall–Kier alpha value is -1.91. The predicted molar refractivity (Wildman–Crippen MR) is 76.3 cm³/mol.